The quantitative estimate of drug-likeness (QED) is 0.742. The monoisotopic (exact) mass is 212 g/mol. The van der Waals surface area contributed by atoms with Gasteiger partial charge in [0, 0.05) is 37.8 Å². The third-order valence-electron chi connectivity index (χ3n) is 4.00. The molecule has 0 amide bonds. The van der Waals surface area contributed by atoms with E-state index >= 15 is 0 Å². The summed E-state index contributed by atoms with van der Waals surface area (Å²) >= 11 is 0. The van der Waals surface area contributed by atoms with Gasteiger partial charge in [0.2, 0.25) is 0 Å². The van der Waals surface area contributed by atoms with Crippen LogP contribution in [0.1, 0.15) is 27.2 Å². The average molecular weight is 212 g/mol. The normalized spacial score (nSPS) is 34.2. The van der Waals surface area contributed by atoms with Crippen LogP contribution in [0.3, 0.4) is 0 Å². The SMILES string of the molecule is CC(C1CCOC1)N1CCNCC1(C)C. The van der Waals surface area contributed by atoms with Gasteiger partial charge in [-0.25, -0.2) is 0 Å². The van der Waals surface area contributed by atoms with Crippen molar-refractivity contribution in [1.82, 2.24) is 10.2 Å². The van der Waals surface area contributed by atoms with Gasteiger partial charge in [-0.2, -0.15) is 0 Å². The van der Waals surface area contributed by atoms with Crippen molar-refractivity contribution in [2.24, 2.45) is 5.92 Å². The van der Waals surface area contributed by atoms with E-state index in [0.717, 1.165) is 32.2 Å². The average Bonchev–Trinajstić information content (AvgIpc) is 2.69. The van der Waals surface area contributed by atoms with Crippen molar-refractivity contribution < 1.29 is 4.74 Å². The zero-order valence-corrected chi connectivity index (χ0v) is 10.3. The summed E-state index contributed by atoms with van der Waals surface area (Å²) in [7, 11) is 0. The first-order valence-electron chi connectivity index (χ1n) is 6.16. The van der Waals surface area contributed by atoms with Gasteiger partial charge < -0.3 is 10.1 Å². The predicted molar refractivity (Wildman–Crippen MR) is 62.0 cm³/mol. The molecule has 2 heterocycles. The summed E-state index contributed by atoms with van der Waals surface area (Å²) in [5, 5.41) is 3.48. The van der Waals surface area contributed by atoms with Crippen LogP contribution < -0.4 is 5.32 Å². The maximum Gasteiger partial charge on any atom is 0.0509 e. The van der Waals surface area contributed by atoms with Crippen LogP contribution in [0.2, 0.25) is 0 Å². The highest BCUT2D eigenvalue weighted by atomic mass is 16.5. The predicted octanol–water partition coefficient (Wildman–Crippen LogP) is 1.10. The topological polar surface area (TPSA) is 24.5 Å². The van der Waals surface area contributed by atoms with Crippen molar-refractivity contribution in [3.05, 3.63) is 0 Å². The van der Waals surface area contributed by atoms with Crippen LogP contribution in [0, 0.1) is 5.92 Å². The van der Waals surface area contributed by atoms with E-state index in [2.05, 4.69) is 31.0 Å². The summed E-state index contributed by atoms with van der Waals surface area (Å²) in [6.45, 7) is 12.4. The molecule has 15 heavy (non-hydrogen) atoms. The van der Waals surface area contributed by atoms with Gasteiger partial charge in [0.1, 0.15) is 0 Å². The number of hydrogen-bond donors (Lipinski definition) is 1. The molecule has 88 valence electrons. The van der Waals surface area contributed by atoms with E-state index in [4.69, 9.17) is 4.74 Å². The highest BCUT2D eigenvalue weighted by molar-refractivity contribution is 4.93. The number of piperazine rings is 1. The van der Waals surface area contributed by atoms with Crippen LogP contribution in [-0.2, 0) is 4.74 Å². The summed E-state index contributed by atoms with van der Waals surface area (Å²) in [4.78, 5) is 2.66. The lowest BCUT2D eigenvalue weighted by atomic mass is 9.91. The lowest BCUT2D eigenvalue weighted by Crippen LogP contribution is -2.61. The van der Waals surface area contributed by atoms with Crippen molar-refractivity contribution in [2.75, 3.05) is 32.8 Å². The molecule has 1 N–H and O–H groups in total. The van der Waals surface area contributed by atoms with Crippen molar-refractivity contribution in [3.63, 3.8) is 0 Å². The number of ether oxygens (including phenoxy) is 1. The molecule has 0 bridgehead atoms. The number of nitrogens with one attached hydrogen (secondary N) is 1. The summed E-state index contributed by atoms with van der Waals surface area (Å²) in [5.74, 6) is 0.738. The van der Waals surface area contributed by atoms with Crippen LogP contribution in [0.5, 0.6) is 0 Å². The largest absolute Gasteiger partial charge is 0.381 e. The van der Waals surface area contributed by atoms with E-state index in [9.17, 15) is 0 Å². The van der Waals surface area contributed by atoms with Crippen LogP contribution in [0.15, 0.2) is 0 Å². The smallest absolute Gasteiger partial charge is 0.0509 e. The highest BCUT2D eigenvalue weighted by Crippen LogP contribution is 2.27. The standard InChI is InChI=1S/C12H24N2O/c1-10(11-4-7-15-8-11)14-6-5-13-9-12(14,2)3/h10-11,13H,4-9H2,1-3H3. The molecule has 0 aliphatic carbocycles. The third kappa shape index (κ3) is 2.35. The van der Waals surface area contributed by atoms with Gasteiger partial charge in [-0.3, -0.25) is 4.90 Å². The minimum atomic E-state index is 0.292. The molecule has 2 aliphatic rings. The molecular formula is C12H24N2O. The molecular weight excluding hydrogens is 188 g/mol. The molecule has 2 rings (SSSR count). The minimum Gasteiger partial charge on any atom is -0.381 e. The molecule has 0 spiro atoms. The molecule has 0 radical (unpaired) electrons. The van der Waals surface area contributed by atoms with Gasteiger partial charge in [0.05, 0.1) is 6.61 Å². The lowest BCUT2D eigenvalue weighted by molar-refractivity contribution is 0.0235. The number of nitrogens with zero attached hydrogens (tertiary/aromatic N) is 1. The molecule has 2 fully saturated rings. The Kier molecular flexibility index (Phi) is 3.33. The molecule has 2 saturated heterocycles. The van der Waals surface area contributed by atoms with Crippen LogP contribution in [0.4, 0.5) is 0 Å². The van der Waals surface area contributed by atoms with Crippen LogP contribution >= 0.6 is 0 Å². The van der Waals surface area contributed by atoms with Crippen LogP contribution in [0.25, 0.3) is 0 Å². The van der Waals surface area contributed by atoms with E-state index in [1.165, 1.54) is 13.0 Å². The Bertz CT molecular complexity index is 212. The second-order valence-electron chi connectivity index (χ2n) is 5.55. The molecule has 3 heteroatoms. The Hall–Kier alpha value is -0.120. The fraction of sp³-hybridized carbons (Fsp3) is 1.00. The Balaban J connectivity index is 2.00. The molecule has 0 aromatic rings. The molecule has 0 aromatic heterocycles. The lowest BCUT2D eigenvalue weighted by Gasteiger charge is -2.47. The van der Waals surface area contributed by atoms with Crippen molar-refractivity contribution in [3.8, 4) is 0 Å². The van der Waals surface area contributed by atoms with E-state index < -0.39 is 0 Å². The van der Waals surface area contributed by atoms with Gasteiger partial charge in [-0.15, -0.1) is 0 Å². The fourth-order valence-corrected chi connectivity index (χ4v) is 2.94. The maximum absolute atomic E-state index is 5.49. The second-order valence-corrected chi connectivity index (χ2v) is 5.55. The number of hydrogen-bond acceptors (Lipinski definition) is 3. The third-order valence-corrected chi connectivity index (χ3v) is 4.00. The van der Waals surface area contributed by atoms with Gasteiger partial charge in [-0.05, 0) is 33.1 Å². The summed E-state index contributed by atoms with van der Waals surface area (Å²) in [5.41, 5.74) is 0.292. The Morgan fingerprint density at radius 2 is 2.27 bits per heavy atom. The van der Waals surface area contributed by atoms with E-state index in [0.29, 0.717) is 11.6 Å². The first kappa shape index (κ1) is 11.4. The van der Waals surface area contributed by atoms with E-state index in [1.54, 1.807) is 0 Å². The Morgan fingerprint density at radius 1 is 1.47 bits per heavy atom. The first-order chi connectivity index (χ1) is 7.11. The molecule has 2 unspecified atom stereocenters. The zero-order valence-electron chi connectivity index (χ0n) is 10.3. The zero-order chi connectivity index (χ0) is 10.9. The molecule has 2 aliphatic heterocycles. The molecule has 2 atom stereocenters. The Labute approximate surface area is 93.2 Å². The first-order valence-corrected chi connectivity index (χ1v) is 6.16. The van der Waals surface area contributed by atoms with E-state index in [1.807, 2.05) is 0 Å². The molecule has 3 nitrogen and oxygen atoms in total. The molecule has 0 saturated carbocycles. The van der Waals surface area contributed by atoms with Crippen molar-refractivity contribution in [2.45, 2.75) is 38.8 Å². The number of rotatable bonds is 2. The summed E-state index contributed by atoms with van der Waals surface area (Å²) < 4.78 is 5.49. The summed E-state index contributed by atoms with van der Waals surface area (Å²) in [6, 6.07) is 0.657. The minimum absolute atomic E-state index is 0.292. The van der Waals surface area contributed by atoms with Crippen LogP contribution in [-0.4, -0.2) is 49.3 Å². The molecule has 0 aromatic carbocycles. The maximum atomic E-state index is 5.49. The van der Waals surface area contributed by atoms with Gasteiger partial charge in [0.25, 0.3) is 0 Å². The highest BCUT2D eigenvalue weighted by Gasteiger charge is 2.36. The fourth-order valence-electron chi connectivity index (χ4n) is 2.94. The Morgan fingerprint density at radius 3 is 2.87 bits per heavy atom. The van der Waals surface area contributed by atoms with Crippen molar-refractivity contribution >= 4 is 0 Å². The second kappa shape index (κ2) is 4.40. The van der Waals surface area contributed by atoms with Gasteiger partial charge in [0.15, 0.2) is 0 Å². The van der Waals surface area contributed by atoms with Crippen molar-refractivity contribution in [1.29, 1.82) is 0 Å². The van der Waals surface area contributed by atoms with Gasteiger partial charge >= 0.3 is 0 Å². The summed E-state index contributed by atoms with van der Waals surface area (Å²) in [6.07, 6.45) is 1.24. The van der Waals surface area contributed by atoms with E-state index in [-0.39, 0.29) is 0 Å². The van der Waals surface area contributed by atoms with Gasteiger partial charge in [-0.1, -0.05) is 0 Å².